The number of anilines is 3. The molecule has 0 amide bonds. The normalized spacial score (nSPS) is 16.3. The molecule has 1 aliphatic heterocycles. The highest BCUT2D eigenvalue weighted by Gasteiger charge is 2.24. The van der Waals surface area contributed by atoms with Crippen LogP contribution in [0.25, 0.3) is 0 Å². The van der Waals surface area contributed by atoms with Crippen LogP contribution in [0.5, 0.6) is 11.6 Å². The molecule has 138 valence electrons. The molecule has 2 aromatic heterocycles. The fraction of sp³-hybridized carbons (Fsp3) is 0.238. The zero-order valence-corrected chi connectivity index (χ0v) is 15.0. The van der Waals surface area contributed by atoms with E-state index in [-0.39, 0.29) is 6.61 Å². The molecule has 2 N–H and O–H groups in total. The molecule has 0 spiro atoms. The highest BCUT2D eigenvalue weighted by Crippen LogP contribution is 2.33. The Hall–Kier alpha value is -3.12. The number of nitrogens with one attached hydrogen (secondary N) is 1. The Morgan fingerprint density at radius 1 is 1.04 bits per heavy atom. The molecule has 1 aliphatic rings. The molecule has 1 atom stereocenters. The number of rotatable bonds is 6. The molecular formula is C21H22N4O2. The number of aromatic nitrogens is 2. The maximum absolute atomic E-state index is 9.38. The lowest BCUT2D eigenvalue weighted by Crippen LogP contribution is -2.21. The Morgan fingerprint density at radius 3 is 2.63 bits per heavy atom. The summed E-state index contributed by atoms with van der Waals surface area (Å²) >= 11 is 0. The summed E-state index contributed by atoms with van der Waals surface area (Å²) in [7, 11) is 0. The number of benzene rings is 1. The highest BCUT2D eigenvalue weighted by atomic mass is 16.5. The first-order valence-corrected chi connectivity index (χ1v) is 9.08. The van der Waals surface area contributed by atoms with Gasteiger partial charge in [0.2, 0.25) is 5.88 Å². The third kappa shape index (κ3) is 4.17. The second-order valence-electron chi connectivity index (χ2n) is 6.58. The fourth-order valence-corrected chi connectivity index (χ4v) is 3.20. The molecule has 0 saturated carbocycles. The summed E-state index contributed by atoms with van der Waals surface area (Å²) in [5, 5.41) is 12.6. The van der Waals surface area contributed by atoms with Crippen LogP contribution < -0.4 is 15.0 Å². The van der Waals surface area contributed by atoms with E-state index < -0.39 is 0 Å². The Balaban J connectivity index is 1.46. The van der Waals surface area contributed by atoms with Crippen molar-refractivity contribution in [2.24, 2.45) is 5.92 Å². The first-order valence-electron chi connectivity index (χ1n) is 9.08. The third-order valence-electron chi connectivity index (χ3n) is 4.64. The van der Waals surface area contributed by atoms with E-state index in [0.29, 0.717) is 11.8 Å². The molecule has 0 aliphatic carbocycles. The molecule has 0 bridgehead atoms. The number of hydrogen-bond acceptors (Lipinski definition) is 6. The van der Waals surface area contributed by atoms with Crippen molar-refractivity contribution in [2.45, 2.75) is 6.42 Å². The minimum atomic E-state index is 0.220. The van der Waals surface area contributed by atoms with Gasteiger partial charge in [0.25, 0.3) is 0 Å². The quantitative estimate of drug-likeness (QED) is 0.694. The van der Waals surface area contributed by atoms with Crippen molar-refractivity contribution in [3.05, 3.63) is 67.0 Å². The Morgan fingerprint density at radius 2 is 1.89 bits per heavy atom. The maximum Gasteiger partial charge on any atom is 0.243 e. The van der Waals surface area contributed by atoms with Crippen LogP contribution in [0.3, 0.4) is 0 Å². The van der Waals surface area contributed by atoms with Crippen molar-refractivity contribution in [2.75, 3.05) is 29.9 Å². The molecule has 3 heterocycles. The van der Waals surface area contributed by atoms with Gasteiger partial charge in [-0.3, -0.25) is 0 Å². The number of hydrogen-bond donors (Lipinski definition) is 2. The van der Waals surface area contributed by atoms with Gasteiger partial charge in [0, 0.05) is 43.7 Å². The SMILES string of the molecule is OC[C@H]1CCN(c2cccnc2Oc2ccc(Nc3ccccn3)cc2)C1. The number of aliphatic hydroxyl groups is 1. The summed E-state index contributed by atoms with van der Waals surface area (Å²) in [6, 6.07) is 17.4. The summed E-state index contributed by atoms with van der Waals surface area (Å²) in [5.74, 6) is 2.42. The van der Waals surface area contributed by atoms with Crippen LogP contribution >= 0.6 is 0 Å². The van der Waals surface area contributed by atoms with Gasteiger partial charge in [0.15, 0.2) is 0 Å². The van der Waals surface area contributed by atoms with Gasteiger partial charge in [-0.2, -0.15) is 0 Å². The average molecular weight is 362 g/mol. The molecule has 3 aromatic rings. The Labute approximate surface area is 158 Å². The average Bonchev–Trinajstić information content (AvgIpc) is 3.20. The lowest BCUT2D eigenvalue weighted by Gasteiger charge is -2.20. The number of aliphatic hydroxyl groups excluding tert-OH is 1. The molecule has 6 heteroatoms. The molecule has 27 heavy (non-hydrogen) atoms. The van der Waals surface area contributed by atoms with Crippen LogP contribution in [0.1, 0.15) is 6.42 Å². The largest absolute Gasteiger partial charge is 0.437 e. The van der Waals surface area contributed by atoms with Gasteiger partial charge in [-0.25, -0.2) is 9.97 Å². The standard InChI is InChI=1S/C21H22N4O2/c26-15-16-10-13-25(14-16)19-4-3-12-23-21(19)27-18-8-6-17(7-9-18)24-20-5-1-2-11-22-20/h1-9,11-12,16,26H,10,13-15H2,(H,22,24)/t16-/m0/s1. The molecule has 1 fully saturated rings. The van der Waals surface area contributed by atoms with Crippen LogP contribution in [0.4, 0.5) is 17.2 Å². The molecule has 6 nitrogen and oxygen atoms in total. The van der Waals surface area contributed by atoms with Gasteiger partial charge < -0.3 is 20.1 Å². The van der Waals surface area contributed by atoms with Crippen molar-refractivity contribution < 1.29 is 9.84 Å². The third-order valence-corrected chi connectivity index (χ3v) is 4.64. The van der Waals surface area contributed by atoms with E-state index >= 15 is 0 Å². The monoisotopic (exact) mass is 362 g/mol. The first kappa shape index (κ1) is 17.3. The van der Waals surface area contributed by atoms with E-state index in [2.05, 4.69) is 20.2 Å². The van der Waals surface area contributed by atoms with Crippen molar-refractivity contribution in [3.63, 3.8) is 0 Å². The Kier molecular flexibility index (Phi) is 5.16. The van der Waals surface area contributed by atoms with E-state index in [1.807, 2.05) is 54.6 Å². The number of ether oxygens (including phenoxy) is 1. The van der Waals surface area contributed by atoms with Crippen molar-refractivity contribution in [1.82, 2.24) is 9.97 Å². The van der Waals surface area contributed by atoms with Gasteiger partial charge in [-0.1, -0.05) is 6.07 Å². The van der Waals surface area contributed by atoms with E-state index in [9.17, 15) is 5.11 Å². The predicted molar refractivity (Wildman–Crippen MR) is 106 cm³/mol. The molecular weight excluding hydrogens is 340 g/mol. The smallest absolute Gasteiger partial charge is 0.243 e. The highest BCUT2D eigenvalue weighted by molar-refractivity contribution is 5.59. The lowest BCUT2D eigenvalue weighted by atomic mass is 10.1. The Bertz CT molecular complexity index is 871. The summed E-state index contributed by atoms with van der Waals surface area (Å²) in [6.07, 6.45) is 4.47. The molecule has 1 aromatic carbocycles. The molecule has 0 radical (unpaired) electrons. The van der Waals surface area contributed by atoms with Crippen LogP contribution in [-0.2, 0) is 0 Å². The van der Waals surface area contributed by atoms with Gasteiger partial charge in [-0.05, 0) is 55.0 Å². The zero-order chi connectivity index (χ0) is 18.5. The molecule has 4 rings (SSSR count). The predicted octanol–water partition coefficient (Wildman–Crippen LogP) is 3.83. The summed E-state index contributed by atoms with van der Waals surface area (Å²) in [6.45, 7) is 1.95. The summed E-state index contributed by atoms with van der Waals surface area (Å²) in [5.41, 5.74) is 1.90. The van der Waals surface area contributed by atoms with Gasteiger partial charge in [0.05, 0.1) is 0 Å². The number of pyridine rings is 2. The second kappa shape index (κ2) is 8.05. The molecule has 1 saturated heterocycles. The molecule has 0 unspecified atom stereocenters. The fourth-order valence-electron chi connectivity index (χ4n) is 3.20. The van der Waals surface area contributed by atoms with Crippen LogP contribution in [0.2, 0.25) is 0 Å². The van der Waals surface area contributed by atoms with E-state index in [1.165, 1.54) is 0 Å². The summed E-state index contributed by atoms with van der Waals surface area (Å²) < 4.78 is 6.04. The van der Waals surface area contributed by atoms with Gasteiger partial charge in [-0.15, -0.1) is 0 Å². The van der Waals surface area contributed by atoms with Crippen LogP contribution in [0, 0.1) is 5.92 Å². The zero-order valence-electron chi connectivity index (χ0n) is 15.0. The van der Waals surface area contributed by atoms with E-state index in [4.69, 9.17) is 4.74 Å². The lowest BCUT2D eigenvalue weighted by molar-refractivity contribution is 0.238. The van der Waals surface area contributed by atoms with Crippen molar-refractivity contribution >= 4 is 17.2 Å². The number of nitrogens with zero attached hydrogens (tertiary/aromatic N) is 3. The minimum absolute atomic E-state index is 0.220. The van der Waals surface area contributed by atoms with E-state index in [0.717, 1.165) is 42.5 Å². The second-order valence-corrected chi connectivity index (χ2v) is 6.58. The first-order chi connectivity index (χ1) is 13.3. The summed E-state index contributed by atoms with van der Waals surface area (Å²) in [4.78, 5) is 10.9. The topological polar surface area (TPSA) is 70.5 Å². The van der Waals surface area contributed by atoms with E-state index in [1.54, 1.807) is 12.4 Å². The van der Waals surface area contributed by atoms with Gasteiger partial charge >= 0.3 is 0 Å². The minimum Gasteiger partial charge on any atom is -0.437 e. The maximum atomic E-state index is 9.38. The van der Waals surface area contributed by atoms with Crippen LogP contribution in [-0.4, -0.2) is 34.8 Å². The van der Waals surface area contributed by atoms with Crippen molar-refractivity contribution in [3.8, 4) is 11.6 Å². The van der Waals surface area contributed by atoms with Gasteiger partial charge in [0.1, 0.15) is 17.3 Å². The van der Waals surface area contributed by atoms with Crippen molar-refractivity contribution in [1.29, 1.82) is 0 Å². The van der Waals surface area contributed by atoms with Crippen LogP contribution in [0.15, 0.2) is 67.0 Å².